The Hall–Kier alpha value is -2.00. The predicted molar refractivity (Wildman–Crippen MR) is 92.7 cm³/mol. The summed E-state index contributed by atoms with van der Waals surface area (Å²) in [6.45, 7) is 0.541. The molecule has 1 saturated heterocycles. The summed E-state index contributed by atoms with van der Waals surface area (Å²) in [7, 11) is 1.41. The summed E-state index contributed by atoms with van der Waals surface area (Å²) in [6.07, 6.45) is -3.16. The number of fused-ring (bicyclic) bond motifs is 1. The molecule has 0 saturated carbocycles. The number of amides is 2. The van der Waals surface area contributed by atoms with E-state index in [0.717, 1.165) is 17.7 Å². The average Bonchev–Trinajstić information content (AvgIpc) is 3.17. The Kier molecular flexibility index (Phi) is 5.87. The largest absolute Gasteiger partial charge is 0.388 e. The smallest absolute Gasteiger partial charge is 0.246 e. The lowest BCUT2D eigenvalue weighted by atomic mass is 10.0. The van der Waals surface area contributed by atoms with Gasteiger partial charge in [0.05, 0.1) is 12.5 Å². The summed E-state index contributed by atoms with van der Waals surface area (Å²) in [5.74, 6) is -0.499. The zero-order valence-corrected chi connectivity index (χ0v) is 14.6. The second-order valence-electron chi connectivity index (χ2n) is 6.56. The van der Waals surface area contributed by atoms with Gasteiger partial charge < -0.3 is 29.9 Å². The number of aliphatic hydroxyl groups is 2. The van der Waals surface area contributed by atoms with Crippen molar-refractivity contribution < 1.29 is 29.3 Å². The van der Waals surface area contributed by atoms with Crippen LogP contribution >= 0.6 is 0 Å². The number of anilines is 1. The first-order valence-electron chi connectivity index (χ1n) is 8.66. The minimum Gasteiger partial charge on any atom is -0.388 e. The molecule has 0 unspecified atom stereocenters. The van der Waals surface area contributed by atoms with Gasteiger partial charge in [-0.3, -0.25) is 9.59 Å². The molecular weight excluding hydrogens is 340 g/mol. The van der Waals surface area contributed by atoms with E-state index < -0.39 is 24.4 Å². The summed E-state index contributed by atoms with van der Waals surface area (Å²) in [6, 6.07) is 7.71. The maximum Gasteiger partial charge on any atom is 0.246 e. The SMILES string of the molecule is COCC(=O)NC[C@@H]1O[C@@H](CC(=O)N2CCc3ccccc32)[C@H](O)[C@@H]1O. The van der Waals surface area contributed by atoms with Crippen LogP contribution in [0.1, 0.15) is 12.0 Å². The molecule has 2 amide bonds. The van der Waals surface area contributed by atoms with Crippen LogP contribution in [0.5, 0.6) is 0 Å². The van der Waals surface area contributed by atoms with Gasteiger partial charge in [0, 0.05) is 25.9 Å². The van der Waals surface area contributed by atoms with E-state index in [4.69, 9.17) is 9.47 Å². The summed E-state index contributed by atoms with van der Waals surface area (Å²) < 4.78 is 10.3. The van der Waals surface area contributed by atoms with Gasteiger partial charge in [-0.05, 0) is 18.1 Å². The van der Waals surface area contributed by atoms with Crippen molar-refractivity contribution in [3.8, 4) is 0 Å². The van der Waals surface area contributed by atoms with Crippen LogP contribution in [0.3, 0.4) is 0 Å². The van der Waals surface area contributed by atoms with Crippen molar-refractivity contribution in [2.75, 3.05) is 31.7 Å². The molecule has 0 radical (unpaired) electrons. The molecule has 0 bridgehead atoms. The van der Waals surface area contributed by atoms with Crippen molar-refractivity contribution in [1.29, 1.82) is 0 Å². The topological polar surface area (TPSA) is 108 Å². The van der Waals surface area contributed by atoms with Crippen molar-refractivity contribution in [2.24, 2.45) is 0 Å². The highest BCUT2D eigenvalue weighted by molar-refractivity contribution is 5.95. The van der Waals surface area contributed by atoms with Gasteiger partial charge in [0.2, 0.25) is 11.8 Å². The van der Waals surface area contributed by atoms with Crippen LogP contribution in [0.25, 0.3) is 0 Å². The molecule has 0 aliphatic carbocycles. The first-order chi connectivity index (χ1) is 12.5. The zero-order chi connectivity index (χ0) is 18.7. The maximum atomic E-state index is 12.6. The second-order valence-corrected chi connectivity index (χ2v) is 6.56. The molecule has 1 fully saturated rings. The van der Waals surface area contributed by atoms with E-state index in [-0.39, 0.29) is 31.4 Å². The molecule has 8 nitrogen and oxygen atoms in total. The molecule has 142 valence electrons. The monoisotopic (exact) mass is 364 g/mol. The summed E-state index contributed by atoms with van der Waals surface area (Å²) >= 11 is 0. The fraction of sp³-hybridized carbons (Fsp3) is 0.556. The number of carbonyl (C=O) groups excluding carboxylic acids is 2. The normalized spacial score (nSPS) is 27.4. The Morgan fingerprint density at radius 1 is 1.27 bits per heavy atom. The van der Waals surface area contributed by atoms with Crippen LogP contribution in [0.15, 0.2) is 24.3 Å². The third-order valence-corrected chi connectivity index (χ3v) is 4.80. The second kappa shape index (κ2) is 8.13. The highest BCUT2D eigenvalue weighted by Gasteiger charge is 2.44. The van der Waals surface area contributed by atoms with Crippen LogP contribution in [-0.2, 0) is 25.5 Å². The molecule has 3 N–H and O–H groups in total. The molecule has 1 aromatic carbocycles. The van der Waals surface area contributed by atoms with Gasteiger partial charge in [-0.1, -0.05) is 18.2 Å². The maximum absolute atomic E-state index is 12.6. The van der Waals surface area contributed by atoms with E-state index in [0.29, 0.717) is 6.54 Å². The number of hydrogen-bond acceptors (Lipinski definition) is 6. The average molecular weight is 364 g/mol. The van der Waals surface area contributed by atoms with Gasteiger partial charge in [0.25, 0.3) is 0 Å². The molecule has 26 heavy (non-hydrogen) atoms. The molecule has 0 aromatic heterocycles. The van der Waals surface area contributed by atoms with Crippen molar-refractivity contribution in [3.63, 3.8) is 0 Å². The van der Waals surface area contributed by atoms with Crippen LogP contribution in [0, 0.1) is 0 Å². The Morgan fingerprint density at radius 3 is 2.77 bits per heavy atom. The van der Waals surface area contributed by atoms with Gasteiger partial charge >= 0.3 is 0 Å². The lowest BCUT2D eigenvalue weighted by Gasteiger charge is -2.21. The summed E-state index contributed by atoms with van der Waals surface area (Å²) in [4.78, 5) is 25.8. The Balaban J connectivity index is 1.56. The van der Waals surface area contributed by atoms with E-state index in [1.807, 2.05) is 24.3 Å². The van der Waals surface area contributed by atoms with Gasteiger partial charge in [-0.15, -0.1) is 0 Å². The van der Waals surface area contributed by atoms with Crippen LogP contribution < -0.4 is 10.2 Å². The lowest BCUT2D eigenvalue weighted by molar-refractivity contribution is -0.126. The third kappa shape index (κ3) is 3.88. The van der Waals surface area contributed by atoms with E-state index in [1.165, 1.54) is 7.11 Å². The molecule has 2 aliphatic heterocycles. The number of nitrogens with one attached hydrogen (secondary N) is 1. The number of ether oxygens (including phenoxy) is 2. The molecule has 2 heterocycles. The number of nitrogens with zero attached hydrogens (tertiary/aromatic N) is 1. The van der Waals surface area contributed by atoms with Crippen LogP contribution in [0.4, 0.5) is 5.69 Å². The van der Waals surface area contributed by atoms with Crippen molar-refractivity contribution in [1.82, 2.24) is 5.32 Å². The molecular formula is C18H24N2O6. The van der Waals surface area contributed by atoms with E-state index in [1.54, 1.807) is 4.90 Å². The number of methoxy groups -OCH3 is 1. The number of rotatable bonds is 6. The number of carbonyl (C=O) groups is 2. The van der Waals surface area contributed by atoms with E-state index in [2.05, 4.69) is 5.32 Å². The van der Waals surface area contributed by atoms with Crippen molar-refractivity contribution >= 4 is 17.5 Å². The first-order valence-corrected chi connectivity index (χ1v) is 8.66. The molecule has 0 spiro atoms. The van der Waals surface area contributed by atoms with Gasteiger partial charge in [0.1, 0.15) is 24.9 Å². The number of aliphatic hydroxyl groups excluding tert-OH is 2. The van der Waals surface area contributed by atoms with E-state index >= 15 is 0 Å². The van der Waals surface area contributed by atoms with Gasteiger partial charge in [-0.25, -0.2) is 0 Å². The highest BCUT2D eigenvalue weighted by atomic mass is 16.5. The molecule has 2 aliphatic rings. The molecule has 4 atom stereocenters. The number of benzene rings is 1. The zero-order valence-electron chi connectivity index (χ0n) is 14.6. The molecule has 1 aromatic rings. The van der Waals surface area contributed by atoms with Crippen molar-refractivity contribution in [2.45, 2.75) is 37.3 Å². The fourth-order valence-electron chi connectivity index (χ4n) is 3.44. The van der Waals surface area contributed by atoms with Crippen molar-refractivity contribution in [3.05, 3.63) is 29.8 Å². The summed E-state index contributed by atoms with van der Waals surface area (Å²) in [5.41, 5.74) is 2.00. The highest BCUT2D eigenvalue weighted by Crippen LogP contribution is 2.30. The Morgan fingerprint density at radius 2 is 2.00 bits per heavy atom. The number of para-hydroxylation sites is 1. The Labute approximate surface area is 151 Å². The first kappa shape index (κ1) is 18.8. The van der Waals surface area contributed by atoms with Gasteiger partial charge in [0.15, 0.2) is 0 Å². The lowest BCUT2D eigenvalue weighted by Crippen LogP contribution is -2.41. The summed E-state index contributed by atoms with van der Waals surface area (Å²) in [5, 5.41) is 22.9. The fourth-order valence-corrected chi connectivity index (χ4v) is 3.44. The number of hydrogen-bond donors (Lipinski definition) is 3. The minimum absolute atomic E-state index is 0.0327. The van der Waals surface area contributed by atoms with Crippen LogP contribution in [0.2, 0.25) is 0 Å². The van der Waals surface area contributed by atoms with Gasteiger partial charge in [-0.2, -0.15) is 0 Å². The molecule has 8 heteroatoms. The predicted octanol–water partition coefficient (Wildman–Crippen LogP) is -0.782. The quantitative estimate of drug-likeness (QED) is 0.611. The Bertz CT molecular complexity index is 667. The van der Waals surface area contributed by atoms with E-state index in [9.17, 15) is 19.8 Å². The standard InChI is InChI=1S/C18H24N2O6/c1-25-10-15(21)19-9-14-18(24)17(23)13(26-14)8-16(22)20-7-6-11-4-2-3-5-12(11)20/h2-5,13-14,17-18,23-24H,6-10H2,1H3,(H,19,21)/t13-,14-,17-,18+/m0/s1. The molecule has 3 rings (SSSR count). The van der Waals surface area contributed by atoms with Crippen LogP contribution in [-0.4, -0.2) is 73.2 Å². The third-order valence-electron chi connectivity index (χ3n) is 4.80. The minimum atomic E-state index is -1.18.